The van der Waals surface area contributed by atoms with Gasteiger partial charge in [0.1, 0.15) is 11.0 Å². The van der Waals surface area contributed by atoms with Gasteiger partial charge in [-0.25, -0.2) is 0 Å². The average molecular weight is 553 g/mol. The summed E-state index contributed by atoms with van der Waals surface area (Å²) in [6, 6.07) is 7.24. The van der Waals surface area contributed by atoms with E-state index in [9.17, 15) is 13.0 Å². The van der Waals surface area contributed by atoms with Gasteiger partial charge in [0, 0.05) is 0 Å². The lowest BCUT2D eigenvalue weighted by Gasteiger charge is -2.12. The minimum absolute atomic E-state index is 0.0898. The minimum atomic E-state index is -4.38. The Labute approximate surface area is 227 Å². The number of nitrogens with zero attached hydrogens (tertiary/aromatic N) is 3. The van der Waals surface area contributed by atoms with E-state index in [1.54, 1.807) is 25.5 Å². The lowest BCUT2D eigenvalue weighted by Crippen LogP contribution is -2.16. The highest BCUT2D eigenvalue weighted by Crippen LogP contribution is 2.27. The van der Waals surface area contributed by atoms with E-state index in [1.165, 1.54) is 68.9 Å². The van der Waals surface area contributed by atoms with Gasteiger partial charge in [-0.2, -0.15) is 23.3 Å². The summed E-state index contributed by atoms with van der Waals surface area (Å²) in [5.41, 5.74) is 0.783. The number of methoxy groups -OCH3 is 1. The zero-order valence-corrected chi connectivity index (χ0v) is 24.0. The molecule has 0 radical (unpaired) electrons. The van der Waals surface area contributed by atoms with Crippen molar-refractivity contribution in [3.05, 3.63) is 40.4 Å². The SMILES string of the molecule is CCCCCCCCCCCCCCCCC(c1n[nH]c(=S)n1/N=C/c1ccc(OC)cc1)S(=O)(=O)O. The van der Waals surface area contributed by atoms with Crippen LogP contribution in [0.4, 0.5) is 0 Å². The van der Waals surface area contributed by atoms with Crippen molar-refractivity contribution in [2.75, 3.05) is 7.11 Å². The topological polar surface area (TPSA) is 110 Å². The van der Waals surface area contributed by atoms with Gasteiger partial charge in [-0.3, -0.25) is 9.65 Å². The summed E-state index contributed by atoms with van der Waals surface area (Å²) in [5.74, 6) is 0.810. The molecule has 37 heavy (non-hydrogen) atoms. The first kappa shape index (κ1) is 31.2. The molecular weight excluding hydrogens is 508 g/mol. The minimum Gasteiger partial charge on any atom is -0.497 e. The monoisotopic (exact) mass is 552 g/mol. The highest BCUT2D eigenvalue weighted by molar-refractivity contribution is 7.86. The fraction of sp³-hybridized carbons (Fsp3) is 0.667. The zero-order valence-electron chi connectivity index (χ0n) is 22.4. The Hall–Kier alpha value is -2.04. The summed E-state index contributed by atoms with van der Waals surface area (Å²) in [4.78, 5) is 0. The number of hydrogen-bond donors (Lipinski definition) is 2. The van der Waals surface area contributed by atoms with Gasteiger partial charge in [-0.15, -0.1) is 0 Å². The van der Waals surface area contributed by atoms with Gasteiger partial charge in [0.25, 0.3) is 10.1 Å². The summed E-state index contributed by atoms with van der Waals surface area (Å²) >= 11 is 5.25. The van der Waals surface area contributed by atoms with Crippen molar-refractivity contribution in [2.45, 2.75) is 108 Å². The van der Waals surface area contributed by atoms with Crippen LogP contribution in [0.3, 0.4) is 0 Å². The molecule has 1 aromatic carbocycles. The van der Waals surface area contributed by atoms with Gasteiger partial charge in [-0.05, 0) is 48.5 Å². The molecule has 0 saturated heterocycles. The number of unbranched alkanes of at least 4 members (excludes halogenated alkanes) is 13. The molecule has 1 aromatic heterocycles. The van der Waals surface area contributed by atoms with Crippen molar-refractivity contribution in [1.82, 2.24) is 14.9 Å². The van der Waals surface area contributed by atoms with Crippen LogP contribution in [-0.4, -0.2) is 41.2 Å². The van der Waals surface area contributed by atoms with Crippen molar-refractivity contribution in [2.24, 2.45) is 5.10 Å². The van der Waals surface area contributed by atoms with Crippen LogP contribution in [0.2, 0.25) is 0 Å². The van der Waals surface area contributed by atoms with Crippen LogP contribution >= 0.6 is 12.2 Å². The fourth-order valence-electron chi connectivity index (χ4n) is 4.37. The normalized spacial score (nSPS) is 12.8. The van der Waals surface area contributed by atoms with Gasteiger partial charge in [-0.1, -0.05) is 96.8 Å². The molecule has 0 aliphatic heterocycles. The Bertz CT molecular complexity index is 1080. The lowest BCUT2D eigenvalue weighted by atomic mass is 10.0. The smallest absolute Gasteiger partial charge is 0.275 e. The van der Waals surface area contributed by atoms with Crippen molar-refractivity contribution >= 4 is 28.6 Å². The van der Waals surface area contributed by atoms with E-state index in [2.05, 4.69) is 22.2 Å². The lowest BCUT2D eigenvalue weighted by molar-refractivity contribution is 0.415. The molecule has 1 unspecified atom stereocenters. The van der Waals surface area contributed by atoms with E-state index in [0.717, 1.165) is 30.6 Å². The summed E-state index contributed by atoms with van der Waals surface area (Å²) in [7, 11) is -2.79. The predicted octanol–water partition coefficient (Wildman–Crippen LogP) is 7.63. The van der Waals surface area contributed by atoms with E-state index in [-0.39, 0.29) is 17.0 Å². The summed E-state index contributed by atoms with van der Waals surface area (Å²) in [6.07, 6.45) is 18.8. The first-order chi connectivity index (χ1) is 17.9. The molecule has 0 aliphatic carbocycles. The molecule has 1 heterocycles. The number of ether oxygens (including phenoxy) is 1. The third-order valence-corrected chi connectivity index (χ3v) is 8.01. The molecule has 1 atom stereocenters. The Kier molecular flexibility index (Phi) is 14.7. The Morgan fingerprint density at radius 2 is 1.49 bits per heavy atom. The molecule has 208 valence electrons. The number of nitrogens with one attached hydrogen (secondary N) is 1. The molecular formula is C27H44N4O4S2. The number of aromatic amines is 1. The van der Waals surface area contributed by atoms with Crippen LogP contribution in [-0.2, 0) is 10.1 Å². The number of aromatic nitrogens is 3. The first-order valence-corrected chi connectivity index (χ1v) is 15.6. The van der Waals surface area contributed by atoms with Crippen molar-refractivity contribution in [3.8, 4) is 5.75 Å². The van der Waals surface area contributed by atoms with Gasteiger partial charge >= 0.3 is 0 Å². The molecule has 10 heteroatoms. The van der Waals surface area contributed by atoms with E-state index < -0.39 is 15.4 Å². The second-order valence-electron chi connectivity index (χ2n) is 9.60. The van der Waals surface area contributed by atoms with Crippen LogP contribution < -0.4 is 4.74 Å². The maximum Gasteiger partial charge on any atom is 0.275 e. The molecule has 8 nitrogen and oxygen atoms in total. The summed E-state index contributed by atoms with van der Waals surface area (Å²) in [5, 5.41) is 9.81. The molecule has 0 amide bonds. The Morgan fingerprint density at radius 1 is 0.973 bits per heavy atom. The third-order valence-electron chi connectivity index (χ3n) is 6.58. The van der Waals surface area contributed by atoms with Gasteiger partial charge in [0.2, 0.25) is 4.77 Å². The maximum atomic E-state index is 12.2. The fourth-order valence-corrected chi connectivity index (χ4v) is 5.44. The van der Waals surface area contributed by atoms with Gasteiger partial charge in [0.15, 0.2) is 5.82 Å². The molecule has 0 saturated carbocycles. The number of benzene rings is 1. The van der Waals surface area contributed by atoms with Crippen molar-refractivity contribution in [3.63, 3.8) is 0 Å². The Balaban J connectivity index is 1.77. The van der Waals surface area contributed by atoms with E-state index in [1.807, 2.05) is 12.1 Å². The van der Waals surface area contributed by atoms with Crippen molar-refractivity contribution < 1.29 is 17.7 Å². The largest absolute Gasteiger partial charge is 0.497 e. The highest BCUT2D eigenvalue weighted by Gasteiger charge is 2.30. The van der Waals surface area contributed by atoms with Crippen LogP contribution in [0.15, 0.2) is 29.4 Å². The standard InChI is InChI=1S/C27H44N4O4S2/c1-3-4-5-6-7-8-9-10-11-12-13-14-15-16-17-25(37(32,33)34)26-29-30-27(36)31(26)28-22-23-18-20-24(35-2)21-19-23/h18-22,25H,3-17H2,1-2H3,(H,30,36)(H,32,33,34)/b28-22+. The third kappa shape index (κ3) is 11.9. The van der Waals surface area contributed by atoms with Gasteiger partial charge < -0.3 is 4.74 Å². The number of H-pyrrole nitrogens is 1. The Morgan fingerprint density at radius 3 is 1.97 bits per heavy atom. The molecule has 0 aliphatic rings. The highest BCUT2D eigenvalue weighted by atomic mass is 32.2. The number of rotatable bonds is 20. The molecule has 0 fully saturated rings. The van der Waals surface area contributed by atoms with E-state index >= 15 is 0 Å². The predicted molar refractivity (Wildman–Crippen MR) is 153 cm³/mol. The molecule has 0 spiro atoms. The number of hydrogen-bond acceptors (Lipinski definition) is 6. The van der Waals surface area contributed by atoms with Crippen LogP contribution in [0.5, 0.6) is 5.75 Å². The van der Waals surface area contributed by atoms with E-state index in [0.29, 0.717) is 6.42 Å². The molecule has 2 rings (SSSR count). The molecule has 2 aromatic rings. The van der Waals surface area contributed by atoms with Gasteiger partial charge in [0.05, 0.1) is 13.3 Å². The van der Waals surface area contributed by atoms with Crippen molar-refractivity contribution in [1.29, 1.82) is 0 Å². The average Bonchev–Trinajstić information content (AvgIpc) is 3.24. The summed E-state index contributed by atoms with van der Waals surface area (Å²) < 4.78 is 40.9. The molecule has 0 bridgehead atoms. The van der Waals surface area contributed by atoms with E-state index in [4.69, 9.17) is 17.0 Å². The first-order valence-electron chi connectivity index (χ1n) is 13.7. The second kappa shape index (κ2) is 17.5. The van der Waals surface area contributed by atoms with Crippen LogP contribution in [0.25, 0.3) is 0 Å². The zero-order chi connectivity index (χ0) is 26.9. The summed E-state index contributed by atoms with van der Waals surface area (Å²) in [6.45, 7) is 2.25. The quantitative estimate of drug-likeness (QED) is 0.0756. The van der Waals surface area contributed by atoms with Crippen LogP contribution in [0, 0.1) is 4.77 Å². The van der Waals surface area contributed by atoms with Crippen LogP contribution in [0.1, 0.15) is 120 Å². The second-order valence-corrected chi connectivity index (χ2v) is 11.6. The maximum absolute atomic E-state index is 12.2. The molecule has 2 N–H and O–H groups in total.